The van der Waals surface area contributed by atoms with Crippen molar-refractivity contribution in [1.29, 1.82) is 0 Å². The second-order valence-corrected chi connectivity index (χ2v) is 4.67. The molecule has 22 heavy (non-hydrogen) atoms. The van der Waals surface area contributed by atoms with Gasteiger partial charge in [-0.15, -0.1) is 0 Å². The molecule has 0 unspecified atom stereocenters. The zero-order valence-corrected chi connectivity index (χ0v) is 13.2. The van der Waals surface area contributed by atoms with E-state index in [1.165, 1.54) is 0 Å². The smallest absolute Gasteiger partial charge is 0.338 e. The maximum atomic E-state index is 11.6. The number of carbonyl (C=O) groups excluding carboxylic acids is 2. The Bertz CT molecular complexity index is 523. The number of rotatable bonds is 8. The first-order valence-corrected chi connectivity index (χ1v) is 7.28. The summed E-state index contributed by atoms with van der Waals surface area (Å²) in [4.78, 5) is 23.1. The van der Waals surface area contributed by atoms with Gasteiger partial charge in [-0.05, 0) is 44.5 Å². The van der Waals surface area contributed by atoms with Gasteiger partial charge >= 0.3 is 5.97 Å². The SMILES string of the molecule is CCC/C(C)=N/NC(=O)COc1ccc(C(=O)OCC)cc1. The van der Waals surface area contributed by atoms with Gasteiger partial charge in [0.2, 0.25) is 0 Å². The van der Waals surface area contributed by atoms with Gasteiger partial charge in [-0.1, -0.05) is 13.3 Å². The highest BCUT2D eigenvalue weighted by molar-refractivity contribution is 5.89. The van der Waals surface area contributed by atoms with Crippen LogP contribution in [-0.2, 0) is 9.53 Å². The molecule has 0 saturated carbocycles. The summed E-state index contributed by atoms with van der Waals surface area (Å²) < 4.78 is 10.2. The van der Waals surface area contributed by atoms with Gasteiger partial charge in [0.15, 0.2) is 6.61 Å². The molecule has 0 heterocycles. The molecule has 0 atom stereocenters. The van der Waals surface area contributed by atoms with Gasteiger partial charge in [0.1, 0.15) is 5.75 Å². The number of hydrazone groups is 1. The molecule has 1 aromatic carbocycles. The molecule has 6 nitrogen and oxygen atoms in total. The molecule has 0 spiro atoms. The maximum absolute atomic E-state index is 11.6. The summed E-state index contributed by atoms with van der Waals surface area (Å²) in [5.41, 5.74) is 3.75. The van der Waals surface area contributed by atoms with E-state index in [4.69, 9.17) is 9.47 Å². The molecule has 1 N–H and O–H groups in total. The van der Waals surface area contributed by atoms with Gasteiger partial charge in [0.25, 0.3) is 5.91 Å². The van der Waals surface area contributed by atoms with Crippen molar-refractivity contribution in [3.63, 3.8) is 0 Å². The van der Waals surface area contributed by atoms with Crippen LogP contribution in [0.2, 0.25) is 0 Å². The van der Waals surface area contributed by atoms with E-state index in [9.17, 15) is 9.59 Å². The van der Waals surface area contributed by atoms with E-state index in [0.717, 1.165) is 18.6 Å². The summed E-state index contributed by atoms with van der Waals surface area (Å²) in [5, 5.41) is 3.96. The molecule has 0 radical (unpaired) electrons. The average molecular weight is 306 g/mol. The van der Waals surface area contributed by atoms with E-state index in [1.54, 1.807) is 31.2 Å². The fourth-order valence-electron chi connectivity index (χ4n) is 1.66. The number of nitrogens with zero attached hydrogens (tertiary/aromatic N) is 1. The molecule has 120 valence electrons. The maximum Gasteiger partial charge on any atom is 0.338 e. The first-order valence-electron chi connectivity index (χ1n) is 7.28. The first kappa shape index (κ1) is 17.7. The normalized spacial score (nSPS) is 11.0. The third-order valence-electron chi connectivity index (χ3n) is 2.72. The third-order valence-corrected chi connectivity index (χ3v) is 2.72. The van der Waals surface area contributed by atoms with Gasteiger partial charge in [0.05, 0.1) is 12.2 Å². The van der Waals surface area contributed by atoms with Crippen molar-refractivity contribution in [1.82, 2.24) is 5.43 Å². The van der Waals surface area contributed by atoms with E-state index in [-0.39, 0.29) is 18.5 Å². The second kappa shape index (κ2) is 9.55. The Morgan fingerprint density at radius 2 is 1.86 bits per heavy atom. The minimum absolute atomic E-state index is 0.137. The molecule has 1 rings (SSSR count). The second-order valence-electron chi connectivity index (χ2n) is 4.67. The summed E-state index contributed by atoms with van der Waals surface area (Å²) in [6.07, 6.45) is 1.82. The van der Waals surface area contributed by atoms with Crippen LogP contribution in [0.4, 0.5) is 0 Å². The minimum Gasteiger partial charge on any atom is -0.484 e. The van der Waals surface area contributed by atoms with Gasteiger partial charge in [0, 0.05) is 5.71 Å². The summed E-state index contributed by atoms with van der Waals surface area (Å²) in [5.74, 6) is -0.213. The first-order chi connectivity index (χ1) is 10.6. The Morgan fingerprint density at radius 1 is 1.18 bits per heavy atom. The van der Waals surface area contributed by atoms with Crippen molar-refractivity contribution < 1.29 is 19.1 Å². The lowest BCUT2D eigenvalue weighted by Crippen LogP contribution is -2.25. The monoisotopic (exact) mass is 306 g/mol. The lowest BCUT2D eigenvalue weighted by Gasteiger charge is -2.06. The Balaban J connectivity index is 2.43. The number of amides is 1. The van der Waals surface area contributed by atoms with Crippen molar-refractivity contribution in [2.24, 2.45) is 5.10 Å². The van der Waals surface area contributed by atoms with E-state index in [2.05, 4.69) is 10.5 Å². The Morgan fingerprint density at radius 3 is 2.45 bits per heavy atom. The molecule has 0 aliphatic carbocycles. The molecular weight excluding hydrogens is 284 g/mol. The zero-order chi connectivity index (χ0) is 16.4. The molecule has 0 saturated heterocycles. The summed E-state index contributed by atoms with van der Waals surface area (Å²) >= 11 is 0. The van der Waals surface area contributed by atoms with E-state index in [1.807, 2.05) is 13.8 Å². The van der Waals surface area contributed by atoms with Crippen LogP contribution in [0.1, 0.15) is 44.0 Å². The highest BCUT2D eigenvalue weighted by Gasteiger charge is 2.07. The fourth-order valence-corrected chi connectivity index (χ4v) is 1.66. The number of benzene rings is 1. The van der Waals surface area contributed by atoms with Gasteiger partial charge in [-0.2, -0.15) is 5.10 Å². The van der Waals surface area contributed by atoms with Crippen molar-refractivity contribution >= 4 is 17.6 Å². The van der Waals surface area contributed by atoms with Crippen LogP contribution in [0.3, 0.4) is 0 Å². The van der Waals surface area contributed by atoms with Crippen LogP contribution >= 0.6 is 0 Å². The van der Waals surface area contributed by atoms with E-state index in [0.29, 0.717) is 17.9 Å². The third kappa shape index (κ3) is 6.39. The number of nitrogens with one attached hydrogen (secondary N) is 1. The lowest BCUT2D eigenvalue weighted by molar-refractivity contribution is -0.123. The van der Waals surface area contributed by atoms with Crippen molar-refractivity contribution in [3.05, 3.63) is 29.8 Å². The summed E-state index contributed by atoms with van der Waals surface area (Å²) in [6, 6.07) is 6.42. The molecule has 0 bridgehead atoms. The number of carbonyl (C=O) groups is 2. The average Bonchev–Trinajstić information content (AvgIpc) is 2.52. The topological polar surface area (TPSA) is 77.0 Å². The number of hydrogen-bond acceptors (Lipinski definition) is 5. The molecule has 1 aromatic rings. The van der Waals surface area contributed by atoms with Crippen LogP contribution in [0, 0.1) is 0 Å². The van der Waals surface area contributed by atoms with Crippen LogP contribution in [-0.4, -0.2) is 30.8 Å². The standard InChI is InChI=1S/C16H22N2O4/c1-4-6-12(3)17-18-15(19)11-22-14-9-7-13(8-10-14)16(20)21-5-2/h7-10H,4-6,11H2,1-3H3,(H,18,19)/b17-12+. The van der Waals surface area contributed by atoms with Crippen LogP contribution in [0.25, 0.3) is 0 Å². The van der Waals surface area contributed by atoms with E-state index >= 15 is 0 Å². The zero-order valence-electron chi connectivity index (χ0n) is 13.2. The van der Waals surface area contributed by atoms with Crippen LogP contribution in [0.15, 0.2) is 29.4 Å². The highest BCUT2D eigenvalue weighted by Crippen LogP contribution is 2.12. The van der Waals surface area contributed by atoms with Crippen molar-refractivity contribution in [3.8, 4) is 5.75 Å². The number of hydrogen-bond donors (Lipinski definition) is 1. The predicted octanol–water partition coefficient (Wildman–Crippen LogP) is 2.53. The molecule has 0 aliphatic heterocycles. The molecule has 0 aromatic heterocycles. The van der Waals surface area contributed by atoms with Gasteiger partial charge in [-0.25, -0.2) is 10.2 Å². The highest BCUT2D eigenvalue weighted by atomic mass is 16.5. The Kier molecular flexibility index (Phi) is 7.67. The Labute approximate surface area is 130 Å². The largest absolute Gasteiger partial charge is 0.484 e. The molecule has 0 fully saturated rings. The van der Waals surface area contributed by atoms with Crippen molar-refractivity contribution in [2.75, 3.05) is 13.2 Å². The predicted molar refractivity (Wildman–Crippen MR) is 84.1 cm³/mol. The number of ether oxygens (including phenoxy) is 2. The Hall–Kier alpha value is -2.37. The minimum atomic E-state index is -0.382. The quantitative estimate of drug-likeness (QED) is 0.455. The molecule has 6 heteroatoms. The van der Waals surface area contributed by atoms with Gasteiger partial charge < -0.3 is 9.47 Å². The lowest BCUT2D eigenvalue weighted by atomic mass is 10.2. The van der Waals surface area contributed by atoms with Gasteiger partial charge in [-0.3, -0.25) is 4.79 Å². The van der Waals surface area contributed by atoms with E-state index < -0.39 is 0 Å². The molecular formula is C16H22N2O4. The molecule has 1 amide bonds. The summed E-state index contributed by atoms with van der Waals surface area (Å²) in [6.45, 7) is 5.85. The summed E-state index contributed by atoms with van der Waals surface area (Å²) in [7, 11) is 0. The van der Waals surface area contributed by atoms with Crippen molar-refractivity contribution in [2.45, 2.75) is 33.6 Å². The fraction of sp³-hybridized carbons (Fsp3) is 0.438. The number of esters is 1. The van der Waals surface area contributed by atoms with Crippen LogP contribution < -0.4 is 10.2 Å². The molecule has 0 aliphatic rings. The van der Waals surface area contributed by atoms with Crippen LogP contribution in [0.5, 0.6) is 5.75 Å².